The van der Waals surface area contributed by atoms with E-state index in [9.17, 15) is 19.8 Å². The number of piperidine rings is 1. The average Bonchev–Trinajstić information content (AvgIpc) is 3.69. The molecule has 3 aliphatic rings. The Bertz CT molecular complexity index is 1670. The summed E-state index contributed by atoms with van der Waals surface area (Å²) < 4.78 is 17.5. The topological polar surface area (TPSA) is 133 Å². The van der Waals surface area contributed by atoms with E-state index in [-0.39, 0.29) is 35.7 Å². The number of likely N-dealkylation sites (tertiary alicyclic amines) is 1. The number of phenols is 2. The first-order valence-electron chi connectivity index (χ1n) is 19.3. The first-order chi connectivity index (χ1) is 25.7. The molecule has 3 aromatic carbocycles. The van der Waals surface area contributed by atoms with Gasteiger partial charge in [-0.15, -0.1) is 0 Å². The number of phenolic OH excluding ortho intramolecular Hbond substituents is 2. The molecular formula is C42H56N4O7. The number of anilines is 1. The van der Waals surface area contributed by atoms with E-state index in [0.29, 0.717) is 81.9 Å². The lowest BCUT2D eigenvalue weighted by molar-refractivity contribution is -0.133. The van der Waals surface area contributed by atoms with Gasteiger partial charge >= 0.3 is 0 Å². The van der Waals surface area contributed by atoms with Gasteiger partial charge < -0.3 is 44.9 Å². The number of nitrogens with one attached hydrogen (secondary N) is 2. The second-order valence-electron chi connectivity index (χ2n) is 14.8. The van der Waals surface area contributed by atoms with Crippen LogP contribution < -0.4 is 15.4 Å². The van der Waals surface area contributed by atoms with E-state index < -0.39 is 0 Å². The maximum absolute atomic E-state index is 13.4. The van der Waals surface area contributed by atoms with Gasteiger partial charge in [-0.3, -0.25) is 9.59 Å². The van der Waals surface area contributed by atoms with Gasteiger partial charge in [0.2, 0.25) is 5.91 Å². The van der Waals surface area contributed by atoms with Gasteiger partial charge in [0.05, 0.1) is 25.7 Å². The number of nitrogens with zero attached hydrogens (tertiary/aromatic N) is 2. The fraction of sp³-hybridized carbons (Fsp3) is 0.524. The molecule has 0 aliphatic carbocycles. The lowest BCUT2D eigenvalue weighted by Crippen LogP contribution is -2.45. The van der Waals surface area contributed by atoms with Crippen LogP contribution >= 0.6 is 0 Å². The minimum absolute atomic E-state index is 0.0172. The largest absolute Gasteiger partial charge is 0.508 e. The summed E-state index contributed by atoms with van der Waals surface area (Å²) in [4.78, 5) is 29.5. The highest BCUT2D eigenvalue weighted by Gasteiger charge is 2.40. The van der Waals surface area contributed by atoms with Crippen molar-refractivity contribution >= 4 is 17.5 Å². The second-order valence-corrected chi connectivity index (χ2v) is 14.8. The van der Waals surface area contributed by atoms with Crippen LogP contribution in [-0.2, 0) is 37.3 Å². The van der Waals surface area contributed by atoms with Crippen molar-refractivity contribution in [3.05, 3.63) is 82.9 Å². The van der Waals surface area contributed by atoms with E-state index in [1.54, 1.807) is 12.1 Å². The average molecular weight is 729 g/mol. The van der Waals surface area contributed by atoms with Crippen molar-refractivity contribution in [2.45, 2.75) is 76.4 Å². The van der Waals surface area contributed by atoms with Gasteiger partial charge in [0, 0.05) is 43.3 Å². The molecule has 0 bridgehead atoms. The smallest absolute Gasteiger partial charge is 0.262 e. The van der Waals surface area contributed by atoms with Crippen molar-refractivity contribution < 1.29 is 34.0 Å². The summed E-state index contributed by atoms with van der Waals surface area (Å²) in [6.45, 7) is 10.3. The molecular weight excluding hydrogens is 672 g/mol. The Hall–Kier alpha value is -4.16. The monoisotopic (exact) mass is 728 g/mol. The zero-order valence-corrected chi connectivity index (χ0v) is 31.3. The molecule has 3 aromatic rings. The zero-order chi connectivity index (χ0) is 37.2. The molecule has 286 valence electrons. The lowest BCUT2D eigenvalue weighted by atomic mass is 9.67. The molecule has 11 nitrogen and oxygen atoms in total. The molecule has 53 heavy (non-hydrogen) atoms. The molecule has 2 saturated heterocycles. The number of fused-ring (bicyclic) bond motifs is 1. The third-order valence-electron chi connectivity index (χ3n) is 11.0. The number of carbonyl (C=O) groups excluding carboxylic acids is 2. The minimum Gasteiger partial charge on any atom is -0.508 e. The summed E-state index contributed by atoms with van der Waals surface area (Å²) in [5.41, 5.74) is 4.30. The van der Waals surface area contributed by atoms with Crippen molar-refractivity contribution in [3.63, 3.8) is 0 Å². The summed E-state index contributed by atoms with van der Waals surface area (Å²) in [5, 5.41) is 27.4. The highest BCUT2D eigenvalue weighted by Crippen LogP contribution is 2.46. The lowest BCUT2D eigenvalue weighted by Gasteiger charge is -2.44. The maximum atomic E-state index is 13.4. The maximum Gasteiger partial charge on any atom is 0.262 e. The Morgan fingerprint density at radius 3 is 2.58 bits per heavy atom. The first kappa shape index (κ1) is 38.6. The number of carbonyl (C=O) groups is 2. The minimum atomic E-state index is -0.291. The van der Waals surface area contributed by atoms with Gasteiger partial charge in [0.1, 0.15) is 17.2 Å². The van der Waals surface area contributed by atoms with Crippen molar-refractivity contribution in [2.24, 2.45) is 0 Å². The molecule has 0 aromatic heterocycles. The van der Waals surface area contributed by atoms with E-state index in [2.05, 4.69) is 59.7 Å². The highest BCUT2D eigenvalue weighted by atomic mass is 16.5. The predicted octanol–water partition coefficient (Wildman–Crippen LogP) is 5.01. The highest BCUT2D eigenvalue weighted by molar-refractivity contribution is 5.97. The SMILES string of the molecule is CC(C)N1CCC(c2ccccc2)(c2cc(CCOCCC(=O)N(CCNCCc3ccc(O)c4c3OCC(=O)N4)C[C@@H]3CCCO3)ccc2O)CC1. The molecule has 2 fully saturated rings. The molecule has 0 saturated carbocycles. The standard InChI is InChI=1S/C42H56N4O7/c1-30(2)45-21-17-42(18-22-45,33-7-4-3-5-8-33)35-27-31(10-12-36(35)47)15-25-51-26-16-39(50)46(28-34-9-6-24-52-34)23-20-43-19-14-32-11-13-37(48)40-41(32)53-29-38(49)44-40/h3-5,7-8,10-13,27,30,34,43,47-48H,6,9,14-26,28-29H2,1-2H3,(H,44,49)/t34-/m0/s1. The van der Waals surface area contributed by atoms with Crippen LogP contribution in [0, 0.1) is 0 Å². The summed E-state index contributed by atoms with van der Waals surface area (Å²) in [6.07, 6.45) is 5.52. The van der Waals surface area contributed by atoms with Crippen LogP contribution in [0.3, 0.4) is 0 Å². The molecule has 1 atom stereocenters. The fourth-order valence-corrected chi connectivity index (χ4v) is 7.95. The molecule has 0 radical (unpaired) electrons. The number of hydrogen-bond donors (Lipinski definition) is 4. The van der Waals surface area contributed by atoms with Gasteiger partial charge in [0.15, 0.2) is 12.4 Å². The van der Waals surface area contributed by atoms with E-state index in [1.807, 2.05) is 23.1 Å². The van der Waals surface area contributed by atoms with Crippen LogP contribution in [0.25, 0.3) is 0 Å². The number of rotatable bonds is 17. The van der Waals surface area contributed by atoms with Gasteiger partial charge in [-0.25, -0.2) is 0 Å². The molecule has 4 N–H and O–H groups in total. The van der Waals surface area contributed by atoms with Crippen LogP contribution in [-0.4, -0.2) is 110 Å². The van der Waals surface area contributed by atoms with Crippen molar-refractivity contribution in [1.29, 1.82) is 0 Å². The van der Waals surface area contributed by atoms with Gasteiger partial charge in [-0.05, 0) is 101 Å². The molecule has 6 rings (SSSR count). The molecule has 0 unspecified atom stereocenters. The first-order valence-corrected chi connectivity index (χ1v) is 19.3. The number of benzene rings is 3. The van der Waals surface area contributed by atoms with E-state index in [4.69, 9.17) is 14.2 Å². The van der Waals surface area contributed by atoms with Crippen molar-refractivity contribution in [2.75, 3.05) is 71.0 Å². The summed E-state index contributed by atoms with van der Waals surface area (Å²) in [6, 6.07) is 20.4. The summed E-state index contributed by atoms with van der Waals surface area (Å²) in [7, 11) is 0. The Kier molecular flexibility index (Phi) is 13.3. The molecule has 11 heteroatoms. The van der Waals surface area contributed by atoms with E-state index >= 15 is 0 Å². The zero-order valence-electron chi connectivity index (χ0n) is 31.3. The summed E-state index contributed by atoms with van der Waals surface area (Å²) in [5.74, 6) is 0.581. The molecule has 0 spiro atoms. The third kappa shape index (κ3) is 9.69. The van der Waals surface area contributed by atoms with Crippen LogP contribution in [0.15, 0.2) is 60.7 Å². The molecule has 2 amide bonds. The second kappa shape index (κ2) is 18.2. The van der Waals surface area contributed by atoms with Crippen LogP contribution in [0.2, 0.25) is 0 Å². The third-order valence-corrected chi connectivity index (χ3v) is 11.0. The summed E-state index contributed by atoms with van der Waals surface area (Å²) >= 11 is 0. The van der Waals surface area contributed by atoms with E-state index in [1.165, 1.54) is 5.56 Å². The predicted molar refractivity (Wildman–Crippen MR) is 205 cm³/mol. The fourth-order valence-electron chi connectivity index (χ4n) is 7.95. The Balaban J connectivity index is 0.987. The van der Waals surface area contributed by atoms with Gasteiger partial charge in [-0.1, -0.05) is 48.5 Å². The van der Waals surface area contributed by atoms with Crippen LogP contribution in [0.1, 0.15) is 68.2 Å². The Morgan fingerprint density at radius 1 is 1.04 bits per heavy atom. The van der Waals surface area contributed by atoms with Crippen LogP contribution in [0.4, 0.5) is 5.69 Å². The normalized spacial score (nSPS) is 18.4. The van der Waals surface area contributed by atoms with Gasteiger partial charge in [0.25, 0.3) is 5.91 Å². The van der Waals surface area contributed by atoms with Crippen molar-refractivity contribution in [1.82, 2.24) is 15.1 Å². The number of ether oxygens (including phenoxy) is 3. The Labute approximate surface area is 313 Å². The molecule has 3 heterocycles. The number of hydrogen-bond acceptors (Lipinski definition) is 9. The van der Waals surface area contributed by atoms with Gasteiger partial charge in [-0.2, -0.15) is 0 Å². The number of amides is 2. The quantitative estimate of drug-likeness (QED) is 0.112. The van der Waals surface area contributed by atoms with Crippen molar-refractivity contribution in [3.8, 4) is 17.2 Å². The Morgan fingerprint density at radius 2 is 1.83 bits per heavy atom. The van der Waals surface area contributed by atoms with Crippen LogP contribution in [0.5, 0.6) is 17.2 Å². The molecule has 3 aliphatic heterocycles. The number of aromatic hydroxyl groups is 2. The van der Waals surface area contributed by atoms with E-state index in [0.717, 1.165) is 62.1 Å².